The Hall–Kier alpha value is -2.82. The van der Waals surface area contributed by atoms with E-state index in [0.717, 1.165) is 17.0 Å². The monoisotopic (exact) mass is 494 g/mol. The highest BCUT2D eigenvalue weighted by molar-refractivity contribution is 14.0. The number of methoxy groups -OCH3 is 2. The number of ether oxygens (including phenoxy) is 2. The van der Waals surface area contributed by atoms with Gasteiger partial charge in [-0.3, -0.25) is 5.10 Å². The number of nitrogens with two attached hydrogens (primary N) is 1. The summed E-state index contributed by atoms with van der Waals surface area (Å²) in [4.78, 5) is 8.74. The van der Waals surface area contributed by atoms with Crippen LogP contribution in [0.4, 0.5) is 5.69 Å². The lowest BCUT2D eigenvalue weighted by molar-refractivity contribution is 0.405. The Morgan fingerprint density at radius 2 is 2.00 bits per heavy atom. The van der Waals surface area contributed by atoms with Crippen molar-refractivity contribution in [3.63, 3.8) is 0 Å². The van der Waals surface area contributed by atoms with Crippen LogP contribution >= 0.6 is 24.0 Å². The second-order valence-electron chi connectivity index (χ2n) is 5.84. The SMILES string of the molecule is COc1ccc(OC)c(NC(N)=NCc2cccc(-c3n[nH]c(C)n3)c2)c1.I. The Morgan fingerprint density at radius 1 is 1.18 bits per heavy atom. The highest BCUT2D eigenvalue weighted by atomic mass is 127. The van der Waals surface area contributed by atoms with E-state index in [9.17, 15) is 0 Å². The summed E-state index contributed by atoms with van der Waals surface area (Å²) >= 11 is 0. The maximum atomic E-state index is 6.03. The van der Waals surface area contributed by atoms with Gasteiger partial charge in [0.25, 0.3) is 0 Å². The van der Waals surface area contributed by atoms with Gasteiger partial charge in [-0.1, -0.05) is 18.2 Å². The van der Waals surface area contributed by atoms with Gasteiger partial charge in [-0.25, -0.2) is 9.98 Å². The van der Waals surface area contributed by atoms with Crippen LogP contribution in [0.5, 0.6) is 11.5 Å². The molecular weight excluding hydrogens is 471 g/mol. The maximum absolute atomic E-state index is 6.03. The smallest absolute Gasteiger partial charge is 0.193 e. The van der Waals surface area contributed by atoms with E-state index in [1.54, 1.807) is 26.4 Å². The average Bonchev–Trinajstić information content (AvgIpc) is 3.13. The van der Waals surface area contributed by atoms with Crippen LogP contribution in [0, 0.1) is 6.92 Å². The van der Waals surface area contributed by atoms with Crippen LogP contribution in [0.2, 0.25) is 0 Å². The molecule has 0 saturated heterocycles. The number of nitrogens with one attached hydrogen (secondary N) is 2. The van der Waals surface area contributed by atoms with E-state index in [2.05, 4.69) is 25.5 Å². The number of halogens is 1. The molecule has 3 rings (SSSR count). The van der Waals surface area contributed by atoms with Crippen molar-refractivity contribution in [2.75, 3.05) is 19.5 Å². The summed E-state index contributed by atoms with van der Waals surface area (Å²) in [6, 6.07) is 13.3. The zero-order chi connectivity index (χ0) is 19.2. The van der Waals surface area contributed by atoms with Crippen LogP contribution in [-0.2, 0) is 6.54 Å². The number of rotatable bonds is 6. The van der Waals surface area contributed by atoms with Crippen molar-refractivity contribution >= 4 is 35.6 Å². The quantitative estimate of drug-likeness (QED) is 0.276. The number of aromatic nitrogens is 3. The van der Waals surface area contributed by atoms with Gasteiger partial charge in [-0.2, -0.15) is 5.10 Å². The minimum Gasteiger partial charge on any atom is -0.497 e. The number of aliphatic imine (C=N–C) groups is 1. The molecule has 3 aromatic rings. The number of H-pyrrole nitrogens is 1. The number of aryl methyl sites for hydroxylation is 1. The second kappa shape index (κ2) is 9.93. The first-order valence-electron chi connectivity index (χ1n) is 8.36. The van der Waals surface area contributed by atoms with Gasteiger partial charge < -0.3 is 20.5 Å². The zero-order valence-electron chi connectivity index (χ0n) is 15.9. The molecule has 8 nitrogen and oxygen atoms in total. The number of hydrogen-bond donors (Lipinski definition) is 3. The highest BCUT2D eigenvalue weighted by Crippen LogP contribution is 2.28. The highest BCUT2D eigenvalue weighted by Gasteiger charge is 2.07. The number of hydrogen-bond acceptors (Lipinski definition) is 5. The van der Waals surface area contributed by atoms with Gasteiger partial charge in [-0.15, -0.1) is 24.0 Å². The van der Waals surface area contributed by atoms with E-state index >= 15 is 0 Å². The number of guanidine groups is 1. The molecule has 0 radical (unpaired) electrons. The summed E-state index contributed by atoms with van der Waals surface area (Å²) in [6.45, 7) is 2.28. The minimum atomic E-state index is 0. The van der Waals surface area contributed by atoms with Gasteiger partial charge in [0.15, 0.2) is 11.8 Å². The first-order valence-corrected chi connectivity index (χ1v) is 8.36. The van der Waals surface area contributed by atoms with Crippen LogP contribution < -0.4 is 20.5 Å². The van der Waals surface area contributed by atoms with Gasteiger partial charge in [0.05, 0.1) is 26.5 Å². The average molecular weight is 494 g/mol. The van der Waals surface area contributed by atoms with Crippen molar-refractivity contribution in [1.29, 1.82) is 0 Å². The predicted octanol–water partition coefficient (Wildman–Crippen LogP) is 3.34. The molecule has 9 heteroatoms. The van der Waals surface area contributed by atoms with Crippen molar-refractivity contribution in [2.45, 2.75) is 13.5 Å². The van der Waals surface area contributed by atoms with E-state index in [-0.39, 0.29) is 29.9 Å². The van der Waals surface area contributed by atoms with Crippen LogP contribution in [0.3, 0.4) is 0 Å². The van der Waals surface area contributed by atoms with Crippen LogP contribution in [0.1, 0.15) is 11.4 Å². The van der Waals surface area contributed by atoms with Crippen molar-refractivity contribution < 1.29 is 9.47 Å². The molecule has 0 unspecified atom stereocenters. The van der Waals surface area contributed by atoms with E-state index in [4.69, 9.17) is 15.2 Å². The van der Waals surface area contributed by atoms with Gasteiger partial charge >= 0.3 is 0 Å². The third-order valence-corrected chi connectivity index (χ3v) is 3.88. The first-order chi connectivity index (χ1) is 13.1. The number of benzene rings is 2. The summed E-state index contributed by atoms with van der Waals surface area (Å²) in [5.41, 5.74) is 8.64. The molecule has 148 valence electrons. The normalized spacial score (nSPS) is 10.9. The molecule has 0 atom stereocenters. The third-order valence-electron chi connectivity index (χ3n) is 3.88. The summed E-state index contributed by atoms with van der Waals surface area (Å²) in [5.74, 6) is 3.05. The molecule has 4 N–H and O–H groups in total. The minimum absolute atomic E-state index is 0. The molecular formula is C19H23IN6O2. The Morgan fingerprint density at radius 3 is 2.68 bits per heavy atom. The van der Waals surface area contributed by atoms with Crippen LogP contribution in [-0.4, -0.2) is 35.4 Å². The molecule has 0 amide bonds. The van der Waals surface area contributed by atoms with Crippen molar-refractivity contribution in [3.8, 4) is 22.9 Å². The molecule has 0 fully saturated rings. The molecule has 2 aromatic carbocycles. The molecule has 0 aliphatic carbocycles. The molecule has 0 saturated carbocycles. The number of anilines is 1. The van der Waals surface area contributed by atoms with E-state index in [1.165, 1.54) is 0 Å². The molecule has 0 spiro atoms. The molecule has 28 heavy (non-hydrogen) atoms. The number of aromatic amines is 1. The summed E-state index contributed by atoms with van der Waals surface area (Å²) in [5, 5.41) is 10.1. The van der Waals surface area contributed by atoms with Crippen molar-refractivity contribution in [3.05, 3.63) is 53.9 Å². The van der Waals surface area contributed by atoms with E-state index < -0.39 is 0 Å². The number of nitrogens with zero attached hydrogens (tertiary/aromatic N) is 3. The summed E-state index contributed by atoms with van der Waals surface area (Å²) in [6.07, 6.45) is 0. The van der Waals surface area contributed by atoms with E-state index in [0.29, 0.717) is 29.6 Å². The molecule has 0 bridgehead atoms. The molecule has 1 aromatic heterocycles. The maximum Gasteiger partial charge on any atom is 0.193 e. The first kappa shape index (κ1) is 21.5. The van der Waals surface area contributed by atoms with Crippen LogP contribution in [0.15, 0.2) is 47.5 Å². The zero-order valence-corrected chi connectivity index (χ0v) is 18.2. The molecule has 0 aliphatic rings. The summed E-state index contributed by atoms with van der Waals surface area (Å²) in [7, 11) is 3.20. The van der Waals surface area contributed by atoms with Crippen molar-refractivity contribution in [1.82, 2.24) is 15.2 Å². The molecule has 1 heterocycles. The summed E-state index contributed by atoms with van der Waals surface area (Å²) < 4.78 is 10.6. The predicted molar refractivity (Wildman–Crippen MR) is 120 cm³/mol. The Kier molecular flexibility index (Phi) is 7.61. The van der Waals surface area contributed by atoms with Crippen molar-refractivity contribution in [2.24, 2.45) is 10.7 Å². The lowest BCUT2D eigenvalue weighted by atomic mass is 10.1. The van der Waals surface area contributed by atoms with Gasteiger partial charge in [-0.05, 0) is 30.7 Å². The van der Waals surface area contributed by atoms with Gasteiger partial charge in [0.1, 0.15) is 17.3 Å². The fraction of sp³-hybridized carbons (Fsp3) is 0.211. The Bertz CT molecular complexity index is 957. The van der Waals surface area contributed by atoms with Gasteiger partial charge in [0.2, 0.25) is 0 Å². The fourth-order valence-corrected chi connectivity index (χ4v) is 2.55. The van der Waals surface area contributed by atoms with Crippen LogP contribution in [0.25, 0.3) is 11.4 Å². The van der Waals surface area contributed by atoms with E-state index in [1.807, 2.05) is 37.3 Å². The lowest BCUT2D eigenvalue weighted by Crippen LogP contribution is -2.23. The topological polar surface area (TPSA) is 110 Å². The second-order valence-corrected chi connectivity index (χ2v) is 5.84. The third kappa shape index (κ3) is 5.35. The molecule has 0 aliphatic heterocycles. The lowest BCUT2D eigenvalue weighted by Gasteiger charge is -2.12. The largest absolute Gasteiger partial charge is 0.497 e. The standard InChI is InChI=1S/C19H22N6O2.HI/c1-12-22-18(25-24-12)14-6-4-5-13(9-14)11-21-19(20)23-16-10-15(26-2)7-8-17(16)27-3;/h4-10H,11H2,1-3H3,(H3,20,21,23)(H,22,24,25);1H. The Labute approximate surface area is 180 Å². The van der Waals surface area contributed by atoms with Gasteiger partial charge in [0, 0.05) is 11.6 Å². The Balaban J connectivity index is 0.00000280. The fourth-order valence-electron chi connectivity index (χ4n) is 2.55.